The van der Waals surface area contributed by atoms with Crippen LogP contribution in [0.2, 0.25) is 0 Å². The first-order chi connectivity index (χ1) is 27.3. The Morgan fingerprint density at radius 2 is 0.418 bits per heavy atom. The molecule has 0 aliphatic heterocycles. The molecule has 0 radical (unpaired) electrons. The summed E-state index contributed by atoms with van der Waals surface area (Å²) in [5.41, 5.74) is 15.6. The number of rotatable bonds is 4. The molecule has 0 heteroatoms. The van der Waals surface area contributed by atoms with Gasteiger partial charge in [0.25, 0.3) is 0 Å². The van der Waals surface area contributed by atoms with Crippen molar-refractivity contribution in [3.63, 3.8) is 0 Å². The van der Waals surface area contributed by atoms with E-state index in [-0.39, 0.29) is 10.8 Å². The fourth-order valence-corrected chi connectivity index (χ4v) is 8.80. The molecule has 0 bridgehead atoms. The van der Waals surface area contributed by atoms with Gasteiger partial charge in [-0.1, -0.05) is 253 Å². The van der Waals surface area contributed by atoms with Gasteiger partial charge in [0.1, 0.15) is 0 Å². The van der Waals surface area contributed by atoms with Gasteiger partial charge < -0.3 is 0 Å². The van der Waals surface area contributed by atoms with Crippen molar-refractivity contribution in [2.24, 2.45) is 0 Å². The molecule has 2 aliphatic carbocycles. The molecule has 0 saturated heterocycles. The number of hydrogen-bond donors (Lipinski definition) is 0. The van der Waals surface area contributed by atoms with Gasteiger partial charge in [0, 0.05) is 0 Å². The van der Waals surface area contributed by atoms with Crippen LogP contribution in [-0.2, 0) is 10.8 Å². The van der Waals surface area contributed by atoms with Crippen LogP contribution >= 0.6 is 0 Å². The summed E-state index contributed by atoms with van der Waals surface area (Å²) in [5.74, 6) is 0. The van der Waals surface area contributed by atoms with Gasteiger partial charge in [0.15, 0.2) is 0 Å². The summed E-state index contributed by atoms with van der Waals surface area (Å²) in [6.45, 7) is 8.25. The van der Waals surface area contributed by atoms with Gasteiger partial charge in [-0.05, 0) is 66.8 Å². The summed E-state index contributed by atoms with van der Waals surface area (Å²) in [6, 6.07) is 78.9. The minimum atomic E-state index is -0.254. The average molecular weight is 711 g/mol. The first-order valence-electron chi connectivity index (χ1n) is 19.9. The number of benzene rings is 8. The second-order valence-electron chi connectivity index (χ2n) is 13.9. The molecule has 270 valence electrons. The predicted octanol–water partition coefficient (Wildman–Crippen LogP) is 14.5. The molecule has 8 aromatic carbocycles. The van der Waals surface area contributed by atoms with Crippen molar-refractivity contribution in [3.8, 4) is 22.3 Å². The summed E-state index contributed by atoms with van der Waals surface area (Å²) in [7, 11) is 0. The molecule has 0 unspecified atom stereocenters. The normalized spacial score (nSPS) is 13.1. The SMILES string of the molecule is CC.CCC.c1ccc(C2(c3ccccc3)c3ccccc3-c3ccccc32)cc1.c1ccc(C2(c3ccccc3)c3ccccc3-c3ccccc32)cc1. The van der Waals surface area contributed by atoms with Crippen molar-refractivity contribution in [2.75, 3.05) is 0 Å². The zero-order valence-corrected chi connectivity index (χ0v) is 32.5. The van der Waals surface area contributed by atoms with Crippen LogP contribution in [0.5, 0.6) is 0 Å². The zero-order valence-electron chi connectivity index (χ0n) is 32.5. The van der Waals surface area contributed by atoms with E-state index < -0.39 is 0 Å². The number of hydrogen-bond acceptors (Lipinski definition) is 0. The van der Waals surface area contributed by atoms with E-state index in [0.29, 0.717) is 0 Å². The quantitative estimate of drug-likeness (QED) is 0.171. The molecule has 55 heavy (non-hydrogen) atoms. The Balaban J connectivity index is 0.000000152. The summed E-state index contributed by atoms with van der Waals surface area (Å²) < 4.78 is 0. The van der Waals surface area contributed by atoms with Crippen LogP contribution in [0, 0.1) is 0 Å². The summed E-state index contributed by atoms with van der Waals surface area (Å²) in [6.07, 6.45) is 1.25. The van der Waals surface area contributed by atoms with E-state index in [9.17, 15) is 0 Å². The third-order valence-electron chi connectivity index (χ3n) is 10.7. The van der Waals surface area contributed by atoms with Gasteiger partial charge in [0.2, 0.25) is 0 Å². The molecule has 0 amide bonds. The Labute approximate surface area is 328 Å². The minimum Gasteiger partial charge on any atom is -0.0683 e. The Hall–Kier alpha value is -6.24. The summed E-state index contributed by atoms with van der Waals surface area (Å²) in [5, 5.41) is 0. The summed E-state index contributed by atoms with van der Waals surface area (Å²) >= 11 is 0. The van der Waals surface area contributed by atoms with Crippen LogP contribution in [0.3, 0.4) is 0 Å². The molecule has 0 heterocycles. The molecule has 0 N–H and O–H groups in total. The molecule has 0 spiro atoms. The van der Waals surface area contributed by atoms with Crippen molar-refractivity contribution >= 4 is 0 Å². The fourth-order valence-electron chi connectivity index (χ4n) is 8.80. The zero-order chi connectivity index (χ0) is 38.1. The van der Waals surface area contributed by atoms with Crippen LogP contribution in [-0.4, -0.2) is 0 Å². The Morgan fingerprint density at radius 1 is 0.255 bits per heavy atom. The summed E-state index contributed by atoms with van der Waals surface area (Å²) in [4.78, 5) is 0. The highest BCUT2D eigenvalue weighted by Gasteiger charge is 2.46. The van der Waals surface area contributed by atoms with E-state index in [1.165, 1.54) is 73.2 Å². The van der Waals surface area contributed by atoms with Gasteiger partial charge in [0.05, 0.1) is 10.8 Å². The molecule has 2 aliphatic rings. The van der Waals surface area contributed by atoms with Crippen LogP contribution < -0.4 is 0 Å². The van der Waals surface area contributed by atoms with E-state index in [2.05, 4.69) is 232 Å². The van der Waals surface area contributed by atoms with E-state index in [0.717, 1.165) is 0 Å². The number of fused-ring (bicyclic) bond motifs is 6. The van der Waals surface area contributed by atoms with E-state index >= 15 is 0 Å². The lowest BCUT2D eigenvalue weighted by atomic mass is 9.68. The first-order valence-corrected chi connectivity index (χ1v) is 19.9. The van der Waals surface area contributed by atoms with Gasteiger partial charge in [-0.15, -0.1) is 0 Å². The van der Waals surface area contributed by atoms with Gasteiger partial charge >= 0.3 is 0 Å². The molecule has 0 aromatic heterocycles. The molecule has 8 aromatic rings. The lowest BCUT2D eigenvalue weighted by molar-refractivity contribution is 0.768. The Bertz CT molecular complexity index is 2080. The fraction of sp³-hybridized carbons (Fsp3) is 0.127. The average Bonchev–Trinajstić information content (AvgIpc) is 3.75. The molecule has 0 fully saturated rings. The van der Waals surface area contributed by atoms with E-state index in [1.807, 2.05) is 13.8 Å². The van der Waals surface area contributed by atoms with Gasteiger partial charge in [-0.25, -0.2) is 0 Å². The predicted molar refractivity (Wildman–Crippen MR) is 235 cm³/mol. The highest BCUT2D eigenvalue weighted by atomic mass is 14.5. The minimum absolute atomic E-state index is 0.254. The van der Waals surface area contributed by atoms with Gasteiger partial charge in [-0.2, -0.15) is 0 Å². The smallest absolute Gasteiger partial charge is 0.0683 e. The second kappa shape index (κ2) is 16.8. The van der Waals surface area contributed by atoms with Crippen molar-refractivity contribution in [3.05, 3.63) is 263 Å². The highest BCUT2D eigenvalue weighted by molar-refractivity contribution is 5.87. The van der Waals surface area contributed by atoms with Crippen LogP contribution in [0.1, 0.15) is 78.6 Å². The first kappa shape index (κ1) is 37.1. The lowest BCUT2D eigenvalue weighted by Crippen LogP contribution is -2.28. The molecular formula is C55H50. The third kappa shape index (κ3) is 6.32. The standard InChI is InChI=1S/2C25H18.C3H8.C2H6/c2*1-3-11-19(12-4-1)25(20-13-5-2-6-14-20)23-17-9-7-15-21(23)22-16-8-10-18-24(22)25;1-3-2;1-2/h2*1-18H;3H2,1-2H3;1-2H3. The van der Waals surface area contributed by atoms with Crippen molar-refractivity contribution in [2.45, 2.75) is 44.9 Å². The molecule has 0 nitrogen and oxygen atoms in total. The largest absolute Gasteiger partial charge is 0.0713 e. The van der Waals surface area contributed by atoms with Crippen molar-refractivity contribution in [1.82, 2.24) is 0 Å². The molecule has 10 rings (SSSR count). The third-order valence-corrected chi connectivity index (χ3v) is 10.7. The maximum Gasteiger partial charge on any atom is 0.0713 e. The van der Waals surface area contributed by atoms with Gasteiger partial charge in [-0.3, -0.25) is 0 Å². The van der Waals surface area contributed by atoms with Crippen LogP contribution in [0.25, 0.3) is 22.3 Å². The van der Waals surface area contributed by atoms with Crippen LogP contribution in [0.15, 0.2) is 218 Å². The van der Waals surface area contributed by atoms with E-state index in [4.69, 9.17) is 0 Å². The lowest BCUT2D eigenvalue weighted by Gasteiger charge is -2.33. The van der Waals surface area contributed by atoms with Crippen LogP contribution in [0.4, 0.5) is 0 Å². The molecule has 0 atom stereocenters. The van der Waals surface area contributed by atoms with Crippen molar-refractivity contribution in [1.29, 1.82) is 0 Å². The topological polar surface area (TPSA) is 0 Å². The Morgan fingerprint density at radius 3 is 0.618 bits per heavy atom. The maximum absolute atomic E-state index is 2.29. The van der Waals surface area contributed by atoms with Crippen molar-refractivity contribution < 1.29 is 0 Å². The molecule has 0 saturated carbocycles. The monoisotopic (exact) mass is 710 g/mol. The Kier molecular flexibility index (Phi) is 11.4. The van der Waals surface area contributed by atoms with E-state index in [1.54, 1.807) is 0 Å². The highest BCUT2D eigenvalue weighted by Crippen LogP contribution is 2.57. The molecular weight excluding hydrogens is 661 g/mol. The maximum atomic E-state index is 2.29. The second-order valence-corrected chi connectivity index (χ2v) is 13.9.